The summed E-state index contributed by atoms with van der Waals surface area (Å²) in [6.45, 7) is 9.04. The summed E-state index contributed by atoms with van der Waals surface area (Å²) in [5.41, 5.74) is 2.65. The Morgan fingerprint density at radius 1 is 1.05 bits per heavy atom. The third-order valence-electron chi connectivity index (χ3n) is 11.6. The molecule has 4 fully saturated rings. The van der Waals surface area contributed by atoms with Crippen LogP contribution in [-0.4, -0.2) is 47.6 Å². The SMILES string of the molecule is C[C@]12CCC(=NOCCCN3CCCCC3)C=C1CC[C@@H]1[C@@H]2CC[C@]2(C)[C@@H](c3ccc(=O)oc3)CC[C@]12O. The third-order valence-corrected chi connectivity index (χ3v) is 11.6. The van der Waals surface area contributed by atoms with Crippen LogP contribution in [-0.2, 0) is 4.84 Å². The van der Waals surface area contributed by atoms with Gasteiger partial charge < -0.3 is 19.3 Å². The number of piperidine rings is 1. The number of nitrogens with zero attached hydrogens (tertiary/aromatic N) is 2. The Balaban J connectivity index is 1.12. The van der Waals surface area contributed by atoms with Gasteiger partial charge in [0, 0.05) is 18.0 Å². The van der Waals surface area contributed by atoms with Gasteiger partial charge >= 0.3 is 5.63 Å². The van der Waals surface area contributed by atoms with E-state index in [0.717, 1.165) is 75.6 Å². The number of hydrogen-bond donors (Lipinski definition) is 1. The van der Waals surface area contributed by atoms with Crippen molar-refractivity contribution in [2.24, 2.45) is 27.8 Å². The molecule has 0 unspecified atom stereocenters. The minimum atomic E-state index is -0.670. The highest BCUT2D eigenvalue weighted by Gasteiger charge is 2.66. The first-order valence-corrected chi connectivity index (χ1v) is 15.3. The molecule has 1 aliphatic heterocycles. The topological polar surface area (TPSA) is 75.3 Å². The predicted molar refractivity (Wildman–Crippen MR) is 149 cm³/mol. The quantitative estimate of drug-likeness (QED) is 0.364. The number of fused-ring (bicyclic) bond motifs is 5. The second kappa shape index (κ2) is 10.2. The molecule has 6 rings (SSSR count). The zero-order chi connectivity index (χ0) is 26.4. The number of aliphatic hydroxyl groups is 1. The Morgan fingerprint density at radius 2 is 1.89 bits per heavy atom. The van der Waals surface area contributed by atoms with E-state index in [4.69, 9.17) is 9.25 Å². The minimum Gasteiger partial charge on any atom is -0.431 e. The Morgan fingerprint density at radius 3 is 2.68 bits per heavy atom. The van der Waals surface area contributed by atoms with Crippen LogP contribution < -0.4 is 5.63 Å². The zero-order valence-electron chi connectivity index (χ0n) is 23.4. The predicted octanol–water partition coefficient (Wildman–Crippen LogP) is 6.05. The summed E-state index contributed by atoms with van der Waals surface area (Å²) in [6.07, 6.45) is 17.1. The maximum absolute atomic E-state index is 12.4. The molecule has 208 valence electrons. The summed E-state index contributed by atoms with van der Waals surface area (Å²) >= 11 is 0. The molecule has 1 saturated heterocycles. The van der Waals surface area contributed by atoms with Crippen LogP contribution in [0.25, 0.3) is 0 Å². The zero-order valence-corrected chi connectivity index (χ0v) is 23.4. The van der Waals surface area contributed by atoms with E-state index in [9.17, 15) is 9.90 Å². The highest BCUT2D eigenvalue weighted by atomic mass is 16.6. The van der Waals surface area contributed by atoms with E-state index in [-0.39, 0.29) is 22.4 Å². The van der Waals surface area contributed by atoms with Gasteiger partial charge in [0.05, 0.1) is 17.6 Å². The Bertz CT molecular complexity index is 1120. The molecule has 5 aliphatic rings. The van der Waals surface area contributed by atoms with Gasteiger partial charge in [0.2, 0.25) is 0 Å². The molecule has 0 radical (unpaired) electrons. The number of rotatable bonds is 6. The van der Waals surface area contributed by atoms with Crippen molar-refractivity contribution < 1.29 is 14.4 Å². The van der Waals surface area contributed by atoms with E-state index in [1.165, 1.54) is 44.0 Å². The van der Waals surface area contributed by atoms with Crippen molar-refractivity contribution in [3.8, 4) is 0 Å². The summed E-state index contributed by atoms with van der Waals surface area (Å²) in [5.74, 6) is 1.05. The van der Waals surface area contributed by atoms with E-state index in [2.05, 4.69) is 30.0 Å². The van der Waals surface area contributed by atoms with Gasteiger partial charge in [-0.15, -0.1) is 0 Å². The van der Waals surface area contributed by atoms with Crippen LogP contribution in [0, 0.1) is 22.7 Å². The lowest BCUT2D eigenvalue weighted by Gasteiger charge is -2.61. The lowest BCUT2D eigenvalue weighted by Crippen LogP contribution is -2.60. The highest BCUT2D eigenvalue weighted by Crippen LogP contribution is 2.69. The van der Waals surface area contributed by atoms with Crippen LogP contribution >= 0.6 is 0 Å². The summed E-state index contributed by atoms with van der Waals surface area (Å²) in [6, 6.07) is 3.44. The van der Waals surface area contributed by atoms with Gasteiger partial charge in [-0.05, 0) is 125 Å². The fourth-order valence-electron chi connectivity index (χ4n) is 9.38. The maximum Gasteiger partial charge on any atom is 0.335 e. The summed E-state index contributed by atoms with van der Waals surface area (Å²) in [4.78, 5) is 19.9. The van der Waals surface area contributed by atoms with Gasteiger partial charge in [-0.3, -0.25) is 0 Å². The van der Waals surface area contributed by atoms with Gasteiger partial charge in [-0.2, -0.15) is 0 Å². The fourth-order valence-corrected chi connectivity index (χ4v) is 9.38. The third kappa shape index (κ3) is 4.40. The molecule has 1 N–H and O–H groups in total. The smallest absolute Gasteiger partial charge is 0.335 e. The van der Waals surface area contributed by atoms with Crippen molar-refractivity contribution in [3.05, 3.63) is 46.0 Å². The van der Waals surface area contributed by atoms with Crippen LogP contribution in [0.4, 0.5) is 0 Å². The number of allylic oxidation sites excluding steroid dienone is 2. The van der Waals surface area contributed by atoms with Crippen molar-refractivity contribution in [3.63, 3.8) is 0 Å². The van der Waals surface area contributed by atoms with Crippen LogP contribution in [0.3, 0.4) is 0 Å². The molecule has 38 heavy (non-hydrogen) atoms. The van der Waals surface area contributed by atoms with Crippen molar-refractivity contribution in [1.82, 2.24) is 4.90 Å². The highest BCUT2D eigenvalue weighted by molar-refractivity contribution is 5.96. The van der Waals surface area contributed by atoms with Crippen LogP contribution in [0.5, 0.6) is 0 Å². The molecule has 0 aromatic carbocycles. The van der Waals surface area contributed by atoms with Gasteiger partial charge in [-0.25, -0.2) is 4.79 Å². The van der Waals surface area contributed by atoms with Crippen LogP contribution in [0.15, 0.2) is 44.4 Å². The number of hydrogen-bond acceptors (Lipinski definition) is 6. The average molecular weight is 523 g/mol. The molecule has 6 atom stereocenters. The summed E-state index contributed by atoms with van der Waals surface area (Å²) in [7, 11) is 0. The van der Waals surface area contributed by atoms with Crippen molar-refractivity contribution in [2.75, 3.05) is 26.2 Å². The van der Waals surface area contributed by atoms with E-state index in [1.54, 1.807) is 6.26 Å². The largest absolute Gasteiger partial charge is 0.431 e. The van der Waals surface area contributed by atoms with E-state index in [0.29, 0.717) is 18.4 Å². The maximum atomic E-state index is 12.4. The lowest BCUT2D eigenvalue weighted by molar-refractivity contribution is -0.176. The van der Waals surface area contributed by atoms with E-state index in [1.807, 2.05) is 6.07 Å². The number of likely N-dealkylation sites (tertiary alicyclic amines) is 1. The van der Waals surface area contributed by atoms with Crippen LogP contribution in [0.2, 0.25) is 0 Å². The minimum absolute atomic E-state index is 0.130. The van der Waals surface area contributed by atoms with Gasteiger partial charge in [0.1, 0.15) is 6.61 Å². The average Bonchev–Trinajstić information content (AvgIpc) is 3.21. The molecule has 6 nitrogen and oxygen atoms in total. The number of oxime groups is 1. The Hall–Kier alpha value is -1.92. The van der Waals surface area contributed by atoms with Crippen molar-refractivity contribution >= 4 is 5.71 Å². The molecule has 1 aromatic heterocycles. The van der Waals surface area contributed by atoms with Crippen molar-refractivity contribution in [1.29, 1.82) is 0 Å². The molecule has 0 spiro atoms. The molecule has 6 heteroatoms. The first-order chi connectivity index (χ1) is 18.3. The molecule has 2 heterocycles. The second-order valence-electron chi connectivity index (χ2n) is 13.4. The van der Waals surface area contributed by atoms with Crippen molar-refractivity contribution in [2.45, 2.75) is 102 Å². The molecular formula is C32H46N2O4. The lowest BCUT2D eigenvalue weighted by atomic mass is 9.45. The monoisotopic (exact) mass is 522 g/mol. The second-order valence-corrected chi connectivity index (χ2v) is 13.4. The molecule has 0 amide bonds. The molecule has 1 aromatic rings. The van der Waals surface area contributed by atoms with E-state index < -0.39 is 5.60 Å². The van der Waals surface area contributed by atoms with Gasteiger partial charge in [0.15, 0.2) is 0 Å². The molecule has 3 saturated carbocycles. The standard InChI is InChI=1S/C32H46N2O4/c1-30-14-11-25(33-38-20-6-19-34-17-4-3-5-18-34)21-24(30)8-9-28-27(30)12-15-31(2)26(13-16-32(28,31)36)23-7-10-29(35)37-22-23/h7,10,21-22,26-28,36H,3-6,8-9,11-20H2,1-2H3/t26-,27+,28-,30+,31-,32+/m1/s1. The summed E-state index contributed by atoms with van der Waals surface area (Å²) in [5, 5.41) is 17.0. The fraction of sp³-hybridized carbons (Fsp3) is 0.750. The first-order valence-electron chi connectivity index (χ1n) is 15.3. The van der Waals surface area contributed by atoms with Crippen LogP contribution in [0.1, 0.15) is 102 Å². The normalized spacial score (nSPS) is 40.2. The Labute approximate surface area is 227 Å². The van der Waals surface area contributed by atoms with Gasteiger partial charge in [-0.1, -0.05) is 31.0 Å². The van der Waals surface area contributed by atoms with E-state index >= 15 is 0 Å². The molecule has 4 aliphatic carbocycles. The Kier molecular flexibility index (Phi) is 7.09. The molecule has 0 bridgehead atoms. The molecular weight excluding hydrogens is 476 g/mol. The van der Waals surface area contributed by atoms with Gasteiger partial charge in [0.25, 0.3) is 0 Å². The first kappa shape index (κ1) is 26.3. The summed E-state index contributed by atoms with van der Waals surface area (Å²) < 4.78 is 5.23.